The quantitative estimate of drug-likeness (QED) is 0.169. The van der Waals surface area contributed by atoms with Gasteiger partial charge in [0.25, 0.3) is 5.91 Å². The van der Waals surface area contributed by atoms with Crippen molar-refractivity contribution in [2.24, 2.45) is 0 Å². The average molecular weight is 604 g/mol. The summed E-state index contributed by atoms with van der Waals surface area (Å²) in [5, 5.41) is 12.2. The van der Waals surface area contributed by atoms with Gasteiger partial charge >= 0.3 is 5.97 Å². The Hall–Kier alpha value is -3.78. The molecule has 0 bridgehead atoms. The van der Waals surface area contributed by atoms with Gasteiger partial charge in [-0.3, -0.25) is 4.79 Å². The Bertz CT molecular complexity index is 1400. The van der Waals surface area contributed by atoms with Gasteiger partial charge in [0.15, 0.2) is 0 Å². The first kappa shape index (κ1) is 35.4. The molecule has 0 spiro atoms. The molecule has 0 fully saturated rings. The van der Waals surface area contributed by atoms with Gasteiger partial charge in [0, 0.05) is 29.0 Å². The summed E-state index contributed by atoms with van der Waals surface area (Å²) in [5.41, 5.74) is 5.32. The smallest absolute Gasteiger partial charge is 0.326 e. The maximum Gasteiger partial charge on any atom is 0.326 e. The minimum atomic E-state index is -1.03. The van der Waals surface area contributed by atoms with E-state index < -0.39 is 17.9 Å². The second kappa shape index (κ2) is 19.4. The maximum absolute atomic E-state index is 13.2. The number of rotatable bonds is 12. The number of hydrogen-bond acceptors (Lipinski definition) is 5. The van der Waals surface area contributed by atoms with E-state index in [1.165, 1.54) is 10.4 Å². The van der Waals surface area contributed by atoms with Gasteiger partial charge in [0.1, 0.15) is 6.04 Å². The fourth-order valence-electron chi connectivity index (χ4n) is 4.24. The number of thiophene rings is 1. The van der Waals surface area contributed by atoms with Crippen molar-refractivity contribution in [3.8, 4) is 21.6 Å². The molecule has 0 aliphatic rings. The Kier molecular flexibility index (Phi) is 16.0. The molecule has 1 heterocycles. The van der Waals surface area contributed by atoms with Gasteiger partial charge in [-0.25, -0.2) is 4.79 Å². The van der Waals surface area contributed by atoms with Crippen LogP contribution in [-0.2, 0) is 27.5 Å². The lowest BCUT2D eigenvalue weighted by Crippen LogP contribution is -2.40. The zero-order valence-electron chi connectivity index (χ0n) is 26.2. The van der Waals surface area contributed by atoms with Crippen LogP contribution in [0.3, 0.4) is 0 Å². The number of benzene rings is 3. The molecule has 4 aromatic rings. The van der Waals surface area contributed by atoms with E-state index in [9.17, 15) is 14.7 Å². The predicted octanol–water partition coefficient (Wildman–Crippen LogP) is 8.77. The van der Waals surface area contributed by atoms with Crippen LogP contribution in [0.5, 0.6) is 0 Å². The van der Waals surface area contributed by atoms with Crippen molar-refractivity contribution in [2.45, 2.75) is 66.7 Å². The standard InChI is InChI=1S/C31H31NO4S.C3H8O.C2H6/c1-3-9-28(31(34)35)32-30(33)26-16-14-22(18-27(26)25-13-8-7-10-21(25)2)19-36-20-24-15-17-29(37-24)23-11-5-4-6-12-23;1-3-4-2;1-2/h4-8,10-18,28H,3,9,19-20H2,1-2H3,(H,32,33)(H,34,35);3H2,1-2H3;1-2H3. The first-order chi connectivity index (χ1) is 20.9. The van der Waals surface area contributed by atoms with Crippen LogP contribution < -0.4 is 5.32 Å². The van der Waals surface area contributed by atoms with E-state index in [0.717, 1.165) is 33.7 Å². The molecule has 2 N–H and O–H groups in total. The molecule has 3 aromatic carbocycles. The lowest BCUT2D eigenvalue weighted by Gasteiger charge is -2.17. The van der Waals surface area contributed by atoms with E-state index in [-0.39, 0.29) is 0 Å². The van der Waals surface area contributed by atoms with Gasteiger partial charge in [-0.05, 0) is 72.4 Å². The summed E-state index contributed by atoms with van der Waals surface area (Å²) in [4.78, 5) is 27.1. The van der Waals surface area contributed by atoms with Gasteiger partial charge in [-0.1, -0.05) is 87.9 Å². The van der Waals surface area contributed by atoms with Crippen molar-refractivity contribution in [1.29, 1.82) is 0 Å². The Labute approximate surface area is 260 Å². The second-order valence-electron chi connectivity index (χ2n) is 9.55. The number of carbonyl (C=O) groups is 2. The van der Waals surface area contributed by atoms with E-state index in [2.05, 4.69) is 34.3 Å². The van der Waals surface area contributed by atoms with Crippen LogP contribution in [0.15, 0.2) is 84.9 Å². The third-order valence-corrected chi connectivity index (χ3v) is 7.57. The molecular weight excluding hydrogens is 558 g/mol. The monoisotopic (exact) mass is 603 g/mol. The summed E-state index contributed by atoms with van der Waals surface area (Å²) in [6.45, 7) is 11.6. The molecule has 0 radical (unpaired) electrons. The van der Waals surface area contributed by atoms with Crippen molar-refractivity contribution in [3.05, 3.63) is 106 Å². The van der Waals surface area contributed by atoms with Gasteiger partial charge in [0.05, 0.1) is 13.2 Å². The summed E-state index contributed by atoms with van der Waals surface area (Å²) >= 11 is 1.72. The summed E-state index contributed by atoms with van der Waals surface area (Å²) in [5.74, 6) is -1.42. The van der Waals surface area contributed by atoms with Crippen molar-refractivity contribution in [3.63, 3.8) is 0 Å². The SMILES string of the molecule is CC.CCCC(NC(=O)c1ccc(COCc2ccc(-c3ccccc3)s2)cc1-c1ccccc1C)C(=O)O.CCOC. The Morgan fingerprint density at radius 1 is 0.884 bits per heavy atom. The summed E-state index contributed by atoms with van der Waals surface area (Å²) in [6, 6.07) is 27.0. The third kappa shape index (κ3) is 11.1. The molecule has 1 atom stereocenters. The molecule has 43 heavy (non-hydrogen) atoms. The van der Waals surface area contributed by atoms with Crippen LogP contribution in [0.25, 0.3) is 21.6 Å². The summed E-state index contributed by atoms with van der Waals surface area (Å²) in [6.07, 6.45) is 1.04. The zero-order chi connectivity index (χ0) is 31.6. The van der Waals surface area contributed by atoms with Gasteiger partial charge in [-0.15, -0.1) is 11.3 Å². The highest BCUT2D eigenvalue weighted by atomic mass is 32.1. The number of aryl methyl sites for hydroxylation is 1. The van der Waals surface area contributed by atoms with Gasteiger partial charge in [-0.2, -0.15) is 0 Å². The molecule has 0 aliphatic heterocycles. The number of carboxylic acid groups (broad SMARTS) is 1. The Morgan fingerprint density at radius 3 is 2.19 bits per heavy atom. The number of hydrogen-bond donors (Lipinski definition) is 2. The predicted molar refractivity (Wildman–Crippen MR) is 178 cm³/mol. The van der Waals surface area contributed by atoms with Crippen molar-refractivity contribution in [2.75, 3.05) is 13.7 Å². The lowest BCUT2D eigenvalue weighted by molar-refractivity contribution is -0.139. The maximum atomic E-state index is 13.2. The van der Waals surface area contributed by atoms with E-state index in [1.54, 1.807) is 24.5 Å². The van der Waals surface area contributed by atoms with E-state index in [0.29, 0.717) is 31.6 Å². The fourth-order valence-corrected chi connectivity index (χ4v) is 5.19. The highest BCUT2D eigenvalue weighted by molar-refractivity contribution is 7.15. The van der Waals surface area contributed by atoms with Crippen LogP contribution in [0.4, 0.5) is 0 Å². The molecule has 7 heteroatoms. The van der Waals surface area contributed by atoms with E-state index in [4.69, 9.17) is 4.74 Å². The van der Waals surface area contributed by atoms with Crippen LogP contribution in [-0.4, -0.2) is 36.7 Å². The number of carbonyl (C=O) groups excluding carboxylic acids is 1. The van der Waals surface area contributed by atoms with Crippen LogP contribution in [0, 0.1) is 6.92 Å². The van der Waals surface area contributed by atoms with E-state index in [1.807, 2.05) is 89.2 Å². The normalized spacial score (nSPS) is 10.9. The number of aliphatic carboxylic acids is 1. The van der Waals surface area contributed by atoms with E-state index >= 15 is 0 Å². The summed E-state index contributed by atoms with van der Waals surface area (Å²) in [7, 11) is 1.68. The summed E-state index contributed by atoms with van der Waals surface area (Å²) < 4.78 is 10.6. The largest absolute Gasteiger partial charge is 0.480 e. The molecule has 4 rings (SSSR count). The van der Waals surface area contributed by atoms with Crippen molar-refractivity contribution >= 4 is 23.2 Å². The van der Waals surface area contributed by atoms with Gasteiger partial charge in [0.2, 0.25) is 0 Å². The molecule has 1 aromatic heterocycles. The molecular formula is C36H45NO5S. The Balaban J connectivity index is 0.000000993. The first-order valence-corrected chi connectivity index (χ1v) is 15.6. The third-order valence-electron chi connectivity index (χ3n) is 6.47. The first-order valence-electron chi connectivity index (χ1n) is 14.8. The van der Waals surface area contributed by atoms with Gasteiger partial charge < -0.3 is 19.9 Å². The second-order valence-corrected chi connectivity index (χ2v) is 10.7. The average Bonchev–Trinajstić information content (AvgIpc) is 3.51. The minimum absolute atomic E-state index is 0.376. The molecule has 0 saturated carbocycles. The Morgan fingerprint density at radius 2 is 1.56 bits per heavy atom. The molecule has 0 aliphatic carbocycles. The molecule has 6 nitrogen and oxygen atoms in total. The highest BCUT2D eigenvalue weighted by Gasteiger charge is 2.22. The number of methoxy groups -OCH3 is 1. The number of amides is 1. The van der Waals surface area contributed by atoms with Crippen LogP contribution >= 0.6 is 11.3 Å². The van der Waals surface area contributed by atoms with Crippen molar-refractivity contribution in [1.82, 2.24) is 5.32 Å². The van der Waals surface area contributed by atoms with Crippen LogP contribution in [0.1, 0.15) is 66.9 Å². The highest BCUT2D eigenvalue weighted by Crippen LogP contribution is 2.30. The molecule has 0 saturated heterocycles. The van der Waals surface area contributed by atoms with Crippen LogP contribution in [0.2, 0.25) is 0 Å². The zero-order valence-corrected chi connectivity index (χ0v) is 27.0. The molecule has 230 valence electrons. The number of nitrogens with one attached hydrogen (secondary N) is 1. The number of ether oxygens (including phenoxy) is 2. The lowest BCUT2D eigenvalue weighted by atomic mass is 9.93. The topological polar surface area (TPSA) is 84.9 Å². The molecule has 1 amide bonds. The van der Waals surface area contributed by atoms with Crippen molar-refractivity contribution < 1.29 is 24.2 Å². The molecule has 1 unspecified atom stereocenters. The number of carboxylic acids is 1. The fraction of sp³-hybridized carbons (Fsp3) is 0.333. The minimum Gasteiger partial charge on any atom is -0.480 e.